The lowest BCUT2D eigenvalue weighted by molar-refractivity contribution is -0.256. The molecule has 0 aromatic heterocycles. The van der Waals surface area contributed by atoms with E-state index in [1.807, 2.05) is 0 Å². The van der Waals surface area contributed by atoms with Crippen molar-refractivity contribution in [2.24, 2.45) is 5.73 Å². The highest BCUT2D eigenvalue weighted by Gasteiger charge is 2.25. The van der Waals surface area contributed by atoms with Crippen LogP contribution in [-0.2, 0) is 57.8 Å². The summed E-state index contributed by atoms with van der Waals surface area (Å²) in [6, 6.07) is -1.24. The Kier molecular flexibility index (Phi) is 8.87. The third-order valence-corrected chi connectivity index (χ3v) is 2.00. The lowest BCUT2D eigenvalue weighted by Gasteiger charge is -2.08. The Morgan fingerprint density at radius 2 is 1.19 bits per heavy atom. The highest BCUT2D eigenvalue weighted by molar-refractivity contribution is 6.32. The van der Waals surface area contributed by atoms with Gasteiger partial charge in [-0.25, -0.2) is 43.5 Å². The molecule has 0 aliphatic carbocycles. The van der Waals surface area contributed by atoms with Crippen LogP contribution in [0.15, 0.2) is 11.8 Å². The molecule has 13 heteroatoms. The van der Waals surface area contributed by atoms with Gasteiger partial charge in [-0.15, -0.1) is 0 Å². The van der Waals surface area contributed by atoms with Gasteiger partial charge in [0.1, 0.15) is 6.04 Å². The summed E-state index contributed by atoms with van der Waals surface area (Å²) < 4.78 is 4.43. The van der Waals surface area contributed by atoms with Gasteiger partial charge in [0.05, 0.1) is 6.08 Å². The number of esters is 1. The van der Waals surface area contributed by atoms with Gasteiger partial charge in [0.2, 0.25) is 17.3 Å². The van der Waals surface area contributed by atoms with Crippen LogP contribution in [0, 0.1) is 0 Å². The monoisotopic (exact) mass is 375 g/mol. The van der Waals surface area contributed by atoms with Crippen molar-refractivity contribution < 1.29 is 57.8 Å². The first-order chi connectivity index (χ1) is 12.0. The molecule has 0 fully saturated rings. The van der Waals surface area contributed by atoms with Crippen molar-refractivity contribution >= 4 is 41.4 Å². The largest absolute Gasteiger partial charge is 0.421 e. The van der Waals surface area contributed by atoms with Crippen molar-refractivity contribution in [3.63, 3.8) is 0 Å². The van der Waals surface area contributed by atoms with Crippen LogP contribution in [-0.4, -0.2) is 47.5 Å². The number of hydrogen-bond donors (Lipinski definition) is 1. The fourth-order valence-electron chi connectivity index (χ4n) is 0.775. The van der Waals surface area contributed by atoms with E-state index in [0.717, 1.165) is 13.8 Å². The number of ether oxygens (including phenoxy) is 1. The minimum absolute atomic E-state index is 0.164. The molecule has 0 rings (SSSR count). The molecule has 1 atom stereocenters. The first-order valence-corrected chi connectivity index (χ1v) is 6.51. The van der Waals surface area contributed by atoms with Crippen LogP contribution in [0.4, 0.5) is 0 Å². The van der Waals surface area contributed by atoms with E-state index in [1.54, 1.807) is 0 Å². The van der Waals surface area contributed by atoms with Crippen LogP contribution in [0.25, 0.3) is 0 Å². The first-order valence-electron chi connectivity index (χ1n) is 6.51. The number of rotatable bonds is 6. The normalized spacial score (nSPS) is 11.5. The number of nitrogens with two attached hydrogens (primary N) is 1. The van der Waals surface area contributed by atoms with Crippen molar-refractivity contribution in [1.82, 2.24) is 0 Å². The third kappa shape index (κ3) is 8.30. The number of hydrogen-bond acceptors (Lipinski definition) is 13. The van der Waals surface area contributed by atoms with Crippen molar-refractivity contribution in [1.29, 1.82) is 0 Å². The Balaban J connectivity index is 5.16. The quantitative estimate of drug-likeness (QED) is 0.133. The molecule has 0 saturated heterocycles. The van der Waals surface area contributed by atoms with E-state index in [1.165, 1.54) is 6.92 Å². The van der Waals surface area contributed by atoms with Crippen molar-refractivity contribution in [2.75, 3.05) is 0 Å². The Morgan fingerprint density at radius 1 is 0.769 bits per heavy atom. The van der Waals surface area contributed by atoms with E-state index in [0.29, 0.717) is 0 Å². The van der Waals surface area contributed by atoms with Gasteiger partial charge < -0.3 is 10.5 Å². The van der Waals surface area contributed by atoms with Gasteiger partial charge in [0.25, 0.3) is 0 Å². The predicted octanol–water partition coefficient (Wildman–Crippen LogP) is -2.06. The SMILES string of the molecule is CC(=O)C(=O)OOC(=O)/C=C(\OC(=O)C(C)N)C(=O)OOC(=O)C(C)=O. The van der Waals surface area contributed by atoms with E-state index in [9.17, 15) is 33.6 Å². The maximum absolute atomic E-state index is 11.6. The zero-order chi connectivity index (χ0) is 20.4. The standard InChI is InChI=1S/C13H13NO12/c1-5(14)10(18)22-8(13(21)26-25-12(20)7(3)16)4-9(17)23-24-11(19)6(2)15/h4-5H,14H2,1-3H3/b8-4-. The van der Waals surface area contributed by atoms with Crippen LogP contribution in [0.5, 0.6) is 0 Å². The van der Waals surface area contributed by atoms with E-state index in [4.69, 9.17) is 5.73 Å². The van der Waals surface area contributed by atoms with Gasteiger partial charge in [0, 0.05) is 13.8 Å². The zero-order valence-corrected chi connectivity index (χ0v) is 13.6. The average molecular weight is 375 g/mol. The number of ketones is 2. The summed E-state index contributed by atoms with van der Waals surface area (Å²) in [7, 11) is 0. The number of carbonyl (C=O) groups is 7. The van der Waals surface area contributed by atoms with Crippen molar-refractivity contribution in [2.45, 2.75) is 26.8 Å². The molecule has 2 N–H and O–H groups in total. The third-order valence-electron chi connectivity index (χ3n) is 2.00. The first kappa shape index (κ1) is 22.4. The van der Waals surface area contributed by atoms with Gasteiger partial charge in [-0.05, 0) is 6.92 Å². The second-order valence-corrected chi connectivity index (χ2v) is 4.35. The van der Waals surface area contributed by atoms with Crippen LogP contribution < -0.4 is 5.73 Å². The van der Waals surface area contributed by atoms with Gasteiger partial charge in [-0.1, -0.05) is 0 Å². The van der Waals surface area contributed by atoms with Crippen LogP contribution in [0.1, 0.15) is 20.8 Å². The molecule has 0 aromatic carbocycles. The Morgan fingerprint density at radius 3 is 1.62 bits per heavy atom. The van der Waals surface area contributed by atoms with Crippen LogP contribution in [0.2, 0.25) is 0 Å². The lowest BCUT2D eigenvalue weighted by Crippen LogP contribution is -2.30. The molecule has 0 spiro atoms. The molecule has 13 nitrogen and oxygen atoms in total. The van der Waals surface area contributed by atoms with Gasteiger partial charge in [0.15, 0.2) is 0 Å². The molecule has 0 aromatic rings. The highest BCUT2D eigenvalue weighted by Crippen LogP contribution is 2.05. The Labute approximate surface area is 144 Å². The average Bonchev–Trinajstić information content (AvgIpc) is 2.55. The van der Waals surface area contributed by atoms with E-state index >= 15 is 0 Å². The number of Topliss-reactive ketones (excluding diaryl/α,β-unsaturated/α-hetero) is 2. The molecular formula is C13H13NO12. The zero-order valence-electron chi connectivity index (χ0n) is 13.6. The van der Waals surface area contributed by atoms with E-state index < -0.39 is 53.2 Å². The fourth-order valence-corrected chi connectivity index (χ4v) is 0.775. The molecule has 1 unspecified atom stereocenters. The summed E-state index contributed by atoms with van der Waals surface area (Å²) in [5.74, 6) is -11.0. The smallest absolute Gasteiger partial charge is 0.417 e. The minimum Gasteiger partial charge on any atom is -0.417 e. The molecule has 26 heavy (non-hydrogen) atoms. The summed E-state index contributed by atoms with van der Waals surface area (Å²) >= 11 is 0. The fraction of sp³-hybridized carbons (Fsp3) is 0.308. The molecule has 0 saturated carbocycles. The van der Waals surface area contributed by atoms with Gasteiger partial charge in [-0.3, -0.25) is 9.59 Å². The molecular weight excluding hydrogens is 362 g/mol. The maximum Gasteiger partial charge on any atom is 0.421 e. The summed E-state index contributed by atoms with van der Waals surface area (Å²) in [5.41, 5.74) is 5.20. The molecule has 0 aliphatic rings. The Hall–Kier alpha value is -3.61. The molecule has 0 radical (unpaired) electrons. The molecule has 0 aliphatic heterocycles. The van der Waals surface area contributed by atoms with Crippen LogP contribution >= 0.6 is 0 Å². The second kappa shape index (κ2) is 10.3. The molecule has 0 amide bonds. The summed E-state index contributed by atoms with van der Waals surface area (Å²) in [6.07, 6.45) is 0.164. The van der Waals surface area contributed by atoms with E-state index in [2.05, 4.69) is 24.3 Å². The maximum atomic E-state index is 11.6. The Bertz CT molecular complexity index is 675. The van der Waals surface area contributed by atoms with E-state index in [-0.39, 0.29) is 6.08 Å². The van der Waals surface area contributed by atoms with Crippen molar-refractivity contribution in [3.8, 4) is 0 Å². The summed E-state index contributed by atoms with van der Waals surface area (Å²) in [5, 5.41) is 0. The molecule has 0 heterocycles. The van der Waals surface area contributed by atoms with Crippen LogP contribution in [0.3, 0.4) is 0 Å². The topological polar surface area (TPSA) is 192 Å². The van der Waals surface area contributed by atoms with Gasteiger partial charge >= 0.3 is 29.8 Å². The van der Waals surface area contributed by atoms with Crippen molar-refractivity contribution in [3.05, 3.63) is 11.8 Å². The molecule has 142 valence electrons. The summed E-state index contributed by atoms with van der Waals surface area (Å²) in [6.45, 7) is 2.81. The lowest BCUT2D eigenvalue weighted by atomic mass is 10.3. The van der Waals surface area contributed by atoms with Gasteiger partial charge in [-0.2, -0.15) is 0 Å². The summed E-state index contributed by atoms with van der Waals surface area (Å²) in [4.78, 5) is 92.8. The minimum atomic E-state index is -1.71. The second-order valence-electron chi connectivity index (χ2n) is 4.35. The number of carbonyl (C=O) groups excluding carboxylic acids is 7. The predicted molar refractivity (Wildman–Crippen MR) is 73.6 cm³/mol. The highest BCUT2D eigenvalue weighted by atomic mass is 17.2. The molecule has 0 bridgehead atoms.